The first kappa shape index (κ1) is 19.8. The van der Waals surface area contributed by atoms with Crippen LogP contribution in [0.5, 0.6) is 0 Å². The maximum Gasteiger partial charge on any atom is 0.0788 e. The highest BCUT2D eigenvalue weighted by atomic mass is 16.3. The first-order valence-corrected chi connectivity index (χ1v) is 10.5. The van der Waals surface area contributed by atoms with E-state index in [1.54, 1.807) is 5.57 Å². The van der Waals surface area contributed by atoms with E-state index in [0.717, 1.165) is 30.6 Å². The molecule has 3 aliphatic rings. The van der Waals surface area contributed by atoms with E-state index in [4.69, 9.17) is 0 Å². The van der Waals surface area contributed by atoms with Crippen molar-refractivity contribution in [2.75, 3.05) is 0 Å². The monoisotopic (exact) mass is 332 g/mol. The fraction of sp³-hybridized carbons (Fsp3) is 0.826. The van der Waals surface area contributed by atoms with Crippen LogP contribution in [0.1, 0.15) is 86.0 Å². The number of aliphatic hydroxyl groups excluding tert-OH is 1. The third-order valence-electron chi connectivity index (χ3n) is 7.37. The fourth-order valence-electron chi connectivity index (χ4n) is 5.55. The van der Waals surface area contributed by atoms with Gasteiger partial charge in [0.2, 0.25) is 0 Å². The number of hydrogen-bond donors (Lipinski definition) is 1. The van der Waals surface area contributed by atoms with E-state index in [-0.39, 0.29) is 6.10 Å². The van der Waals surface area contributed by atoms with Gasteiger partial charge in [-0.25, -0.2) is 0 Å². The summed E-state index contributed by atoms with van der Waals surface area (Å²) in [6, 6.07) is 0. The van der Waals surface area contributed by atoms with Crippen LogP contribution < -0.4 is 0 Å². The normalized spacial score (nSPS) is 42.2. The second-order valence-corrected chi connectivity index (χ2v) is 8.77. The molecular weight excluding hydrogens is 292 g/mol. The molecule has 6 atom stereocenters. The van der Waals surface area contributed by atoms with Gasteiger partial charge in [-0.15, -0.1) is 0 Å². The van der Waals surface area contributed by atoms with Gasteiger partial charge < -0.3 is 5.11 Å². The molecule has 0 radical (unpaired) electrons. The number of rotatable bonds is 2. The van der Waals surface area contributed by atoms with E-state index in [0.29, 0.717) is 11.3 Å². The summed E-state index contributed by atoms with van der Waals surface area (Å²) in [5.41, 5.74) is 3.33. The van der Waals surface area contributed by atoms with Crippen molar-refractivity contribution < 1.29 is 5.11 Å². The molecule has 3 rings (SSSR count). The third kappa shape index (κ3) is 3.82. The molecule has 3 fully saturated rings. The van der Waals surface area contributed by atoms with Gasteiger partial charge in [0.15, 0.2) is 0 Å². The van der Waals surface area contributed by atoms with Gasteiger partial charge in [-0.3, -0.25) is 0 Å². The first-order valence-electron chi connectivity index (χ1n) is 10.5. The zero-order valence-electron chi connectivity index (χ0n) is 16.8. The van der Waals surface area contributed by atoms with Crippen LogP contribution in [0.4, 0.5) is 0 Å². The van der Waals surface area contributed by atoms with E-state index in [1.165, 1.54) is 44.1 Å². The minimum Gasteiger partial charge on any atom is -0.388 e. The predicted molar refractivity (Wildman–Crippen MR) is 105 cm³/mol. The highest BCUT2D eigenvalue weighted by molar-refractivity contribution is 5.21. The van der Waals surface area contributed by atoms with E-state index in [1.807, 2.05) is 13.8 Å². The summed E-state index contributed by atoms with van der Waals surface area (Å²) in [7, 11) is 0. The maximum absolute atomic E-state index is 10.8. The fourth-order valence-corrected chi connectivity index (χ4v) is 5.55. The van der Waals surface area contributed by atoms with Crippen molar-refractivity contribution in [1.82, 2.24) is 0 Å². The summed E-state index contributed by atoms with van der Waals surface area (Å²) in [5.74, 6) is 2.58. The number of hydrogen-bond acceptors (Lipinski definition) is 1. The van der Waals surface area contributed by atoms with Crippen molar-refractivity contribution in [3.63, 3.8) is 0 Å². The highest BCUT2D eigenvalue weighted by Crippen LogP contribution is 2.57. The SMILES string of the molecule is C=C1CCC(C)CC1C(O)/C=C1\CCCC2(C)C(C)CCC12.CC. The first-order chi connectivity index (χ1) is 11.4. The lowest BCUT2D eigenvalue weighted by Crippen LogP contribution is -2.33. The molecule has 0 heterocycles. The molecule has 3 aliphatic carbocycles. The van der Waals surface area contributed by atoms with Crippen molar-refractivity contribution >= 4 is 0 Å². The van der Waals surface area contributed by atoms with Crippen LogP contribution in [-0.4, -0.2) is 11.2 Å². The van der Waals surface area contributed by atoms with E-state index >= 15 is 0 Å². The van der Waals surface area contributed by atoms with Crippen molar-refractivity contribution in [2.24, 2.45) is 29.1 Å². The minimum absolute atomic E-state index is 0.295. The molecular formula is C23H40O. The largest absolute Gasteiger partial charge is 0.388 e. The van der Waals surface area contributed by atoms with Gasteiger partial charge in [0, 0.05) is 5.92 Å². The topological polar surface area (TPSA) is 20.2 Å². The van der Waals surface area contributed by atoms with Crippen LogP contribution in [0.2, 0.25) is 0 Å². The quantitative estimate of drug-likeness (QED) is 0.570. The molecule has 0 spiro atoms. The molecule has 1 nitrogen and oxygen atoms in total. The smallest absolute Gasteiger partial charge is 0.0788 e. The molecule has 138 valence electrons. The predicted octanol–water partition coefficient (Wildman–Crippen LogP) is 6.53. The molecule has 1 heteroatoms. The Morgan fingerprint density at radius 1 is 1.17 bits per heavy atom. The average Bonchev–Trinajstić information content (AvgIpc) is 2.88. The second-order valence-electron chi connectivity index (χ2n) is 8.77. The van der Waals surface area contributed by atoms with Crippen LogP contribution in [0, 0.1) is 29.1 Å². The van der Waals surface area contributed by atoms with Gasteiger partial charge in [0.05, 0.1) is 6.10 Å². The molecule has 3 saturated carbocycles. The molecule has 0 bridgehead atoms. The van der Waals surface area contributed by atoms with Gasteiger partial charge in [0.1, 0.15) is 0 Å². The van der Waals surface area contributed by atoms with Crippen molar-refractivity contribution in [2.45, 2.75) is 92.1 Å². The van der Waals surface area contributed by atoms with E-state index < -0.39 is 0 Å². The summed E-state index contributed by atoms with van der Waals surface area (Å²) in [6.45, 7) is 15.5. The lowest BCUT2D eigenvalue weighted by Gasteiger charge is -2.42. The summed E-state index contributed by atoms with van der Waals surface area (Å²) in [4.78, 5) is 0. The average molecular weight is 333 g/mol. The number of fused-ring (bicyclic) bond motifs is 1. The van der Waals surface area contributed by atoms with Gasteiger partial charge in [-0.2, -0.15) is 0 Å². The summed E-state index contributed by atoms with van der Waals surface area (Å²) < 4.78 is 0. The molecule has 0 aromatic heterocycles. The Morgan fingerprint density at radius 2 is 1.88 bits per heavy atom. The van der Waals surface area contributed by atoms with Crippen LogP contribution in [-0.2, 0) is 0 Å². The minimum atomic E-state index is -0.302. The zero-order valence-corrected chi connectivity index (χ0v) is 16.8. The van der Waals surface area contributed by atoms with Crippen LogP contribution in [0.15, 0.2) is 23.8 Å². The Kier molecular flexibility index (Phi) is 6.76. The summed E-state index contributed by atoms with van der Waals surface area (Å²) in [5, 5.41) is 10.8. The van der Waals surface area contributed by atoms with Crippen LogP contribution in [0.3, 0.4) is 0 Å². The Morgan fingerprint density at radius 3 is 2.58 bits per heavy atom. The lowest BCUT2D eigenvalue weighted by atomic mass is 9.63. The summed E-state index contributed by atoms with van der Waals surface area (Å²) >= 11 is 0. The number of aliphatic hydroxyl groups is 1. The Bertz CT molecular complexity index is 463. The van der Waals surface area contributed by atoms with Crippen molar-refractivity contribution in [3.8, 4) is 0 Å². The van der Waals surface area contributed by atoms with Gasteiger partial charge in [-0.05, 0) is 74.5 Å². The highest BCUT2D eigenvalue weighted by Gasteiger charge is 2.47. The Balaban J connectivity index is 0.00000100. The van der Waals surface area contributed by atoms with Crippen LogP contribution >= 0.6 is 0 Å². The van der Waals surface area contributed by atoms with E-state index in [9.17, 15) is 5.11 Å². The van der Waals surface area contributed by atoms with Crippen LogP contribution in [0.25, 0.3) is 0 Å². The van der Waals surface area contributed by atoms with Crippen molar-refractivity contribution in [1.29, 1.82) is 0 Å². The molecule has 0 amide bonds. The Hall–Kier alpha value is -0.560. The van der Waals surface area contributed by atoms with E-state index in [2.05, 4.69) is 33.4 Å². The summed E-state index contributed by atoms with van der Waals surface area (Å²) in [6.07, 6.45) is 12.0. The number of allylic oxidation sites excluding steroid dienone is 1. The lowest BCUT2D eigenvalue weighted by molar-refractivity contribution is 0.127. The molecule has 6 unspecified atom stereocenters. The van der Waals surface area contributed by atoms with Gasteiger partial charge >= 0.3 is 0 Å². The maximum atomic E-state index is 10.8. The Labute approximate surface area is 150 Å². The van der Waals surface area contributed by atoms with Gasteiger partial charge in [0.25, 0.3) is 0 Å². The molecule has 0 aliphatic heterocycles. The molecule has 1 N–H and O–H groups in total. The van der Waals surface area contributed by atoms with Gasteiger partial charge in [-0.1, -0.05) is 58.4 Å². The van der Waals surface area contributed by atoms with Crippen molar-refractivity contribution in [3.05, 3.63) is 23.8 Å². The third-order valence-corrected chi connectivity index (χ3v) is 7.37. The molecule has 0 saturated heterocycles. The molecule has 24 heavy (non-hydrogen) atoms. The molecule has 0 aromatic rings. The second kappa shape index (κ2) is 8.21. The standard InChI is InChI=1S/C21H34O.C2H6/c1-14-7-8-15(2)18(12-14)20(22)13-17-6-5-11-21(4)16(3)9-10-19(17)21;1-2/h13-14,16,18-20,22H,2,5-12H2,1,3-4H3;1-2H3/b17-13+;. The zero-order chi connectivity index (χ0) is 17.9. The molecule has 0 aromatic carbocycles.